The number of anilines is 1. The van der Waals surface area contributed by atoms with Gasteiger partial charge < -0.3 is 25.7 Å². The van der Waals surface area contributed by atoms with Crippen LogP contribution in [0.5, 0.6) is 0 Å². The van der Waals surface area contributed by atoms with E-state index in [2.05, 4.69) is 44.9 Å². The number of rotatable bonds is 5. The topological polar surface area (TPSA) is 137 Å². The number of β-amino-alcohol motifs (C(OH)–C–C–N with tert-alkyl or cyclic N) is 1. The summed E-state index contributed by atoms with van der Waals surface area (Å²) in [5.41, 5.74) is 3.15. The molecule has 0 radical (unpaired) electrons. The molecule has 1 atom stereocenters. The Kier molecular flexibility index (Phi) is 7.02. The third-order valence-corrected chi connectivity index (χ3v) is 5.00. The summed E-state index contributed by atoms with van der Waals surface area (Å²) >= 11 is 0. The lowest BCUT2D eigenvalue weighted by Crippen LogP contribution is -2.30. The Bertz CT molecular complexity index is 913. The van der Waals surface area contributed by atoms with Crippen LogP contribution in [-0.2, 0) is 17.8 Å². The lowest BCUT2D eigenvalue weighted by Gasteiger charge is -2.19. The van der Waals surface area contributed by atoms with Crippen molar-refractivity contribution in [3.05, 3.63) is 47.3 Å². The first-order valence-corrected chi connectivity index (χ1v) is 9.76. The van der Waals surface area contributed by atoms with E-state index in [4.69, 9.17) is 9.90 Å². The van der Waals surface area contributed by atoms with Gasteiger partial charge in [-0.3, -0.25) is 19.1 Å². The van der Waals surface area contributed by atoms with E-state index >= 15 is 0 Å². The number of nitrogens with zero attached hydrogens (tertiary/aromatic N) is 3. The number of aliphatic hydroxyl groups is 1. The number of nitrogens with one attached hydrogen (secondary N) is 2. The largest absolute Gasteiger partial charge is 0.483 e. The molecule has 1 aromatic carbocycles. The normalized spacial score (nSPS) is 17.0. The summed E-state index contributed by atoms with van der Waals surface area (Å²) in [6.45, 7) is 2.55. The molecule has 0 fully saturated rings. The minimum absolute atomic E-state index is 0.184. The van der Waals surface area contributed by atoms with Crippen LogP contribution < -0.4 is 15.5 Å². The predicted molar refractivity (Wildman–Crippen MR) is 109 cm³/mol. The smallest absolute Gasteiger partial charge is 0.290 e. The van der Waals surface area contributed by atoms with E-state index in [1.807, 2.05) is 0 Å². The van der Waals surface area contributed by atoms with Gasteiger partial charge in [0.25, 0.3) is 18.3 Å². The van der Waals surface area contributed by atoms with Gasteiger partial charge in [0.2, 0.25) is 0 Å². The van der Waals surface area contributed by atoms with Crippen molar-refractivity contribution < 1.29 is 24.6 Å². The van der Waals surface area contributed by atoms with Crippen LogP contribution in [-0.4, -0.2) is 70.6 Å². The lowest BCUT2D eigenvalue weighted by molar-refractivity contribution is -0.122. The van der Waals surface area contributed by atoms with Gasteiger partial charge in [0.05, 0.1) is 12.6 Å². The summed E-state index contributed by atoms with van der Waals surface area (Å²) in [5, 5.41) is 26.3. The highest BCUT2D eigenvalue weighted by molar-refractivity contribution is 5.98. The average Bonchev–Trinajstić information content (AvgIpc) is 3.31. The summed E-state index contributed by atoms with van der Waals surface area (Å²) in [6.07, 6.45) is 1.18. The summed E-state index contributed by atoms with van der Waals surface area (Å²) in [7, 11) is 0. The van der Waals surface area contributed by atoms with E-state index in [1.165, 1.54) is 22.0 Å². The van der Waals surface area contributed by atoms with Crippen LogP contribution in [0.4, 0.5) is 5.69 Å². The number of hydrogen-bond donors (Lipinski definition) is 4. The number of para-hydroxylation sites is 1. The molecule has 160 valence electrons. The molecule has 0 saturated carbocycles. The molecule has 2 amide bonds. The Hall–Kier alpha value is -3.40. The second-order valence-electron chi connectivity index (χ2n) is 7.04. The minimum atomic E-state index is -0.714. The van der Waals surface area contributed by atoms with E-state index in [0.29, 0.717) is 12.2 Å². The first-order chi connectivity index (χ1) is 14.5. The van der Waals surface area contributed by atoms with E-state index in [0.717, 1.165) is 25.9 Å². The third-order valence-electron chi connectivity index (χ3n) is 5.00. The number of aromatic nitrogens is 2. The number of hydrogen-bond acceptors (Lipinski definition) is 6. The van der Waals surface area contributed by atoms with Crippen molar-refractivity contribution >= 4 is 24.0 Å². The molecular formula is C20H25N5O5. The molecule has 0 aliphatic carbocycles. The van der Waals surface area contributed by atoms with Gasteiger partial charge in [0.15, 0.2) is 5.69 Å². The fraction of sp³-hybridized carbons (Fsp3) is 0.400. The van der Waals surface area contributed by atoms with Crippen LogP contribution in [0.25, 0.3) is 0 Å². The quantitative estimate of drug-likeness (QED) is 0.394. The molecule has 4 N–H and O–H groups in total. The Morgan fingerprint density at radius 1 is 1.37 bits per heavy atom. The Balaban J connectivity index is 0.000000806. The number of carbonyl (C=O) groups excluding carboxylic acids is 2. The van der Waals surface area contributed by atoms with Crippen molar-refractivity contribution in [1.29, 1.82) is 0 Å². The van der Waals surface area contributed by atoms with Crippen LogP contribution in [0.2, 0.25) is 0 Å². The van der Waals surface area contributed by atoms with E-state index in [9.17, 15) is 14.7 Å². The van der Waals surface area contributed by atoms with Crippen LogP contribution in [0.15, 0.2) is 30.3 Å². The highest BCUT2D eigenvalue weighted by atomic mass is 16.3. The van der Waals surface area contributed by atoms with Gasteiger partial charge in [0, 0.05) is 37.9 Å². The van der Waals surface area contributed by atoms with Gasteiger partial charge in [-0.2, -0.15) is 5.10 Å². The molecule has 10 heteroatoms. The second-order valence-corrected chi connectivity index (χ2v) is 7.04. The Labute approximate surface area is 173 Å². The molecule has 2 aromatic rings. The molecule has 2 aliphatic heterocycles. The lowest BCUT2D eigenvalue weighted by atomic mass is 10.2. The molecule has 2 aliphatic rings. The molecule has 10 nitrogen and oxygen atoms in total. The zero-order valence-electron chi connectivity index (χ0n) is 16.5. The maximum atomic E-state index is 12.3. The van der Waals surface area contributed by atoms with Crippen LogP contribution >= 0.6 is 0 Å². The summed E-state index contributed by atoms with van der Waals surface area (Å²) in [4.78, 5) is 35.0. The molecule has 1 unspecified atom stereocenters. The highest BCUT2D eigenvalue weighted by Gasteiger charge is 2.24. The van der Waals surface area contributed by atoms with Crippen LogP contribution in [0.3, 0.4) is 0 Å². The Morgan fingerprint density at radius 3 is 2.93 bits per heavy atom. The van der Waals surface area contributed by atoms with Gasteiger partial charge in [-0.1, -0.05) is 18.2 Å². The molecule has 30 heavy (non-hydrogen) atoms. The first kappa shape index (κ1) is 21.3. The molecule has 0 spiro atoms. The van der Waals surface area contributed by atoms with Crippen LogP contribution in [0, 0.1) is 0 Å². The van der Waals surface area contributed by atoms with E-state index in [-0.39, 0.29) is 37.1 Å². The third kappa shape index (κ3) is 4.95. The van der Waals surface area contributed by atoms with E-state index in [1.54, 1.807) is 0 Å². The van der Waals surface area contributed by atoms with Crippen molar-refractivity contribution in [2.24, 2.45) is 0 Å². The number of fused-ring (bicyclic) bond motifs is 2. The van der Waals surface area contributed by atoms with Gasteiger partial charge in [-0.15, -0.1) is 0 Å². The molecule has 4 rings (SSSR count). The van der Waals surface area contributed by atoms with Crippen molar-refractivity contribution in [1.82, 2.24) is 20.4 Å². The molecule has 1 aromatic heterocycles. The van der Waals surface area contributed by atoms with Gasteiger partial charge in [-0.25, -0.2) is 0 Å². The minimum Gasteiger partial charge on any atom is -0.483 e. The highest BCUT2D eigenvalue weighted by Crippen LogP contribution is 2.27. The van der Waals surface area contributed by atoms with Crippen molar-refractivity contribution in [3.8, 4) is 0 Å². The van der Waals surface area contributed by atoms with E-state index < -0.39 is 6.10 Å². The van der Waals surface area contributed by atoms with Gasteiger partial charge in [-0.05, 0) is 24.5 Å². The summed E-state index contributed by atoms with van der Waals surface area (Å²) in [5.74, 6) is -0.634. The first-order valence-electron chi connectivity index (χ1n) is 9.76. The summed E-state index contributed by atoms with van der Waals surface area (Å²) in [6, 6.07) is 9.88. The fourth-order valence-electron chi connectivity index (χ4n) is 3.62. The standard InChI is InChI=1S/C19H23N5O3.CH2O2/c25-14-11-21-19(27)17-10-15(22-24(17)12-14)18(26)20-7-3-8-23-9-6-13-4-1-2-5-16(13)23;2-1-3/h1-2,4-5,10,14,25H,3,6-9,11-12H2,(H,20,26)(H,21,27);1H,(H,2,3). The average molecular weight is 415 g/mol. The van der Waals surface area contributed by atoms with Gasteiger partial charge in [0.1, 0.15) is 5.69 Å². The van der Waals surface area contributed by atoms with Gasteiger partial charge >= 0.3 is 0 Å². The molecule has 0 saturated heterocycles. The Morgan fingerprint density at radius 2 is 2.13 bits per heavy atom. The number of aliphatic hydroxyl groups excluding tert-OH is 1. The summed E-state index contributed by atoms with van der Waals surface area (Å²) < 4.78 is 1.39. The number of carboxylic acid groups (broad SMARTS) is 1. The monoisotopic (exact) mass is 415 g/mol. The van der Waals surface area contributed by atoms with Crippen molar-refractivity contribution in [2.45, 2.75) is 25.5 Å². The number of carbonyl (C=O) groups is 3. The molecular weight excluding hydrogens is 390 g/mol. The molecule has 3 heterocycles. The van der Waals surface area contributed by atoms with Crippen molar-refractivity contribution in [2.75, 3.05) is 31.1 Å². The van der Waals surface area contributed by atoms with Crippen molar-refractivity contribution in [3.63, 3.8) is 0 Å². The molecule has 0 bridgehead atoms. The fourth-order valence-corrected chi connectivity index (χ4v) is 3.62. The zero-order chi connectivity index (χ0) is 21.5. The SMILES string of the molecule is O=C(NCCCN1CCc2ccccc21)c1cc2n(n1)CC(O)CNC2=O.O=CO. The maximum absolute atomic E-state index is 12.3. The second kappa shape index (κ2) is 9.88. The zero-order valence-corrected chi connectivity index (χ0v) is 16.5. The number of amides is 2. The van der Waals surface area contributed by atoms with Crippen LogP contribution in [0.1, 0.15) is 33.0 Å². The number of benzene rings is 1. The predicted octanol–water partition coefficient (Wildman–Crippen LogP) is -0.129. The maximum Gasteiger partial charge on any atom is 0.290 e.